The molecule has 1 saturated heterocycles. The number of oxazole rings is 1. The molecule has 0 aliphatic carbocycles. The van der Waals surface area contributed by atoms with Gasteiger partial charge in [-0.05, 0) is 50.2 Å². The number of halogens is 1. The van der Waals surface area contributed by atoms with E-state index in [0.717, 1.165) is 43.7 Å². The Hall–Kier alpha value is -2.70. The fraction of sp³-hybridized carbons (Fsp3) is 0.286. The molecular weight excluding hydrogens is 376 g/mol. The standard InChI is InChI=1S/C21H21ClN4O2/c22-17-6-7-19(23-12-17)25-20(27)15-8-10-26(11-9-15)13-18-14-28-21(24-18)16-4-2-1-3-5-16/h1-7,12,14-15H,8-11,13H2,(H,23,25,27). The maximum atomic E-state index is 12.4. The Morgan fingerprint density at radius 2 is 1.96 bits per heavy atom. The average molecular weight is 397 g/mol. The maximum Gasteiger partial charge on any atom is 0.228 e. The molecule has 1 fully saturated rings. The largest absolute Gasteiger partial charge is 0.444 e. The number of nitrogens with zero attached hydrogens (tertiary/aromatic N) is 3. The Balaban J connectivity index is 1.28. The van der Waals surface area contributed by atoms with Crippen LogP contribution in [0.15, 0.2) is 59.3 Å². The molecule has 1 N–H and O–H groups in total. The summed E-state index contributed by atoms with van der Waals surface area (Å²) in [5.74, 6) is 1.18. The summed E-state index contributed by atoms with van der Waals surface area (Å²) in [5, 5.41) is 3.42. The zero-order chi connectivity index (χ0) is 19.3. The highest BCUT2D eigenvalue weighted by molar-refractivity contribution is 6.30. The Bertz CT molecular complexity index is 919. The third-order valence-corrected chi connectivity index (χ3v) is 5.12. The number of carbonyl (C=O) groups excluding carboxylic acids is 1. The lowest BCUT2D eigenvalue weighted by molar-refractivity contribution is -0.121. The first-order chi connectivity index (χ1) is 13.7. The summed E-state index contributed by atoms with van der Waals surface area (Å²) in [4.78, 5) is 23.5. The number of benzene rings is 1. The zero-order valence-electron chi connectivity index (χ0n) is 15.3. The summed E-state index contributed by atoms with van der Waals surface area (Å²) in [5.41, 5.74) is 1.88. The van der Waals surface area contributed by atoms with E-state index >= 15 is 0 Å². The Kier molecular flexibility index (Phi) is 5.69. The first kappa shape index (κ1) is 18.7. The first-order valence-corrected chi connectivity index (χ1v) is 9.70. The van der Waals surface area contributed by atoms with Gasteiger partial charge < -0.3 is 9.73 Å². The molecule has 0 bridgehead atoms. The molecule has 144 valence electrons. The number of rotatable bonds is 5. The van der Waals surface area contributed by atoms with E-state index in [4.69, 9.17) is 16.0 Å². The number of likely N-dealkylation sites (tertiary alicyclic amines) is 1. The van der Waals surface area contributed by atoms with Gasteiger partial charge in [0.25, 0.3) is 0 Å². The molecular formula is C21H21ClN4O2. The number of anilines is 1. The number of aromatic nitrogens is 2. The van der Waals surface area contributed by atoms with E-state index in [1.807, 2.05) is 30.3 Å². The molecule has 0 unspecified atom stereocenters. The van der Waals surface area contributed by atoms with Gasteiger partial charge >= 0.3 is 0 Å². The summed E-state index contributed by atoms with van der Waals surface area (Å²) in [7, 11) is 0. The normalized spacial score (nSPS) is 15.5. The van der Waals surface area contributed by atoms with Crippen molar-refractivity contribution in [2.24, 2.45) is 5.92 Å². The Labute approximate surface area is 168 Å². The van der Waals surface area contributed by atoms with Crippen LogP contribution in [-0.2, 0) is 11.3 Å². The van der Waals surface area contributed by atoms with E-state index in [1.165, 1.54) is 6.20 Å². The van der Waals surface area contributed by atoms with Crippen LogP contribution < -0.4 is 5.32 Å². The van der Waals surface area contributed by atoms with Gasteiger partial charge in [-0.3, -0.25) is 9.69 Å². The zero-order valence-corrected chi connectivity index (χ0v) is 16.1. The minimum Gasteiger partial charge on any atom is -0.444 e. The number of hydrogen-bond acceptors (Lipinski definition) is 5. The van der Waals surface area contributed by atoms with E-state index in [2.05, 4.69) is 20.2 Å². The van der Waals surface area contributed by atoms with Crippen molar-refractivity contribution in [2.75, 3.05) is 18.4 Å². The first-order valence-electron chi connectivity index (χ1n) is 9.32. The average Bonchev–Trinajstić information content (AvgIpc) is 3.19. The lowest BCUT2D eigenvalue weighted by atomic mass is 9.96. The molecule has 1 aliphatic rings. The number of pyridine rings is 1. The molecule has 1 amide bonds. The van der Waals surface area contributed by atoms with Gasteiger partial charge in [0.1, 0.15) is 12.1 Å². The van der Waals surface area contributed by atoms with E-state index in [0.29, 0.717) is 16.7 Å². The monoisotopic (exact) mass is 396 g/mol. The maximum absolute atomic E-state index is 12.4. The van der Waals surface area contributed by atoms with Gasteiger partial charge in [0.15, 0.2) is 0 Å². The fourth-order valence-electron chi connectivity index (χ4n) is 3.35. The molecule has 6 nitrogen and oxygen atoms in total. The predicted octanol–water partition coefficient (Wildman–Crippen LogP) is 4.24. The predicted molar refractivity (Wildman–Crippen MR) is 108 cm³/mol. The molecule has 1 aliphatic heterocycles. The van der Waals surface area contributed by atoms with Gasteiger partial charge in [-0.15, -0.1) is 0 Å². The number of hydrogen-bond donors (Lipinski definition) is 1. The Morgan fingerprint density at radius 1 is 1.18 bits per heavy atom. The highest BCUT2D eigenvalue weighted by Gasteiger charge is 2.25. The van der Waals surface area contributed by atoms with Crippen molar-refractivity contribution >= 4 is 23.3 Å². The molecule has 0 spiro atoms. The summed E-state index contributed by atoms with van der Waals surface area (Å²) >= 11 is 5.82. The lowest BCUT2D eigenvalue weighted by Gasteiger charge is -2.30. The molecule has 2 aromatic heterocycles. The molecule has 1 aromatic carbocycles. The van der Waals surface area contributed by atoms with Crippen molar-refractivity contribution in [1.82, 2.24) is 14.9 Å². The highest BCUT2D eigenvalue weighted by Crippen LogP contribution is 2.23. The van der Waals surface area contributed by atoms with Crippen molar-refractivity contribution in [2.45, 2.75) is 19.4 Å². The molecule has 7 heteroatoms. The molecule has 3 heterocycles. The summed E-state index contributed by atoms with van der Waals surface area (Å²) in [6.07, 6.45) is 4.86. The van der Waals surface area contributed by atoms with Crippen LogP contribution >= 0.6 is 11.6 Å². The third kappa shape index (κ3) is 4.58. The second-order valence-corrected chi connectivity index (χ2v) is 7.35. The van der Waals surface area contributed by atoms with Gasteiger partial charge in [-0.2, -0.15) is 0 Å². The van der Waals surface area contributed by atoms with Gasteiger partial charge in [0.2, 0.25) is 11.8 Å². The minimum absolute atomic E-state index is 0.00841. The summed E-state index contributed by atoms with van der Waals surface area (Å²) in [6.45, 7) is 2.42. The molecule has 0 saturated carbocycles. The van der Waals surface area contributed by atoms with Crippen molar-refractivity contribution < 1.29 is 9.21 Å². The van der Waals surface area contributed by atoms with Crippen LogP contribution in [0.5, 0.6) is 0 Å². The van der Waals surface area contributed by atoms with E-state index in [1.54, 1.807) is 18.4 Å². The van der Waals surface area contributed by atoms with Crippen molar-refractivity contribution in [3.05, 3.63) is 65.6 Å². The molecule has 28 heavy (non-hydrogen) atoms. The van der Waals surface area contributed by atoms with Gasteiger partial charge in [-0.25, -0.2) is 9.97 Å². The van der Waals surface area contributed by atoms with Crippen LogP contribution in [0.3, 0.4) is 0 Å². The van der Waals surface area contributed by atoms with Crippen LogP contribution in [0.25, 0.3) is 11.5 Å². The van der Waals surface area contributed by atoms with Crippen LogP contribution in [0.2, 0.25) is 5.02 Å². The fourth-order valence-corrected chi connectivity index (χ4v) is 3.47. The van der Waals surface area contributed by atoms with Crippen LogP contribution in [-0.4, -0.2) is 33.9 Å². The summed E-state index contributed by atoms with van der Waals surface area (Å²) in [6, 6.07) is 13.3. The quantitative estimate of drug-likeness (QED) is 0.698. The smallest absolute Gasteiger partial charge is 0.228 e. The molecule has 0 radical (unpaired) electrons. The van der Waals surface area contributed by atoms with Gasteiger partial charge in [-0.1, -0.05) is 29.8 Å². The number of piperidine rings is 1. The third-order valence-electron chi connectivity index (χ3n) is 4.90. The number of nitrogens with one attached hydrogen (secondary N) is 1. The molecule has 0 atom stereocenters. The van der Waals surface area contributed by atoms with E-state index in [9.17, 15) is 4.79 Å². The summed E-state index contributed by atoms with van der Waals surface area (Å²) < 4.78 is 5.61. The van der Waals surface area contributed by atoms with E-state index in [-0.39, 0.29) is 11.8 Å². The second-order valence-electron chi connectivity index (χ2n) is 6.91. The van der Waals surface area contributed by atoms with Crippen LogP contribution in [0.4, 0.5) is 5.82 Å². The van der Waals surface area contributed by atoms with Crippen molar-refractivity contribution in [3.8, 4) is 11.5 Å². The van der Waals surface area contributed by atoms with Crippen LogP contribution in [0, 0.1) is 5.92 Å². The van der Waals surface area contributed by atoms with Crippen molar-refractivity contribution in [1.29, 1.82) is 0 Å². The molecule has 4 rings (SSSR count). The lowest BCUT2D eigenvalue weighted by Crippen LogP contribution is -2.37. The van der Waals surface area contributed by atoms with Gasteiger partial charge in [0, 0.05) is 24.2 Å². The highest BCUT2D eigenvalue weighted by atomic mass is 35.5. The van der Waals surface area contributed by atoms with Gasteiger partial charge in [0.05, 0.1) is 10.7 Å². The van der Waals surface area contributed by atoms with E-state index < -0.39 is 0 Å². The topological polar surface area (TPSA) is 71.3 Å². The number of carbonyl (C=O) groups is 1. The second kappa shape index (κ2) is 8.54. The number of amides is 1. The van der Waals surface area contributed by atoms with Crippen LogP contribution in [0.1, 0.15) is 18.5 Å². The SMILES string of the molecule is O=C(Nc1ccc(Cl)cn1)C1CCN(Cc2coc(-c3ccccc3)n2)CC1. The minimum atomic E-state index is -0.00841. The molecule has 3 aromatic rings. The Morgan fingerprint density at radius 3 is 2.68 bits per heavy atom. The van der Waals surface area contributed by atoms with Crippen molar-refractivity contribution in [3.63, 3.8) is 0 Å².